The zero-order valence-corrected chi connectivity index (χ0v) is 17.2. The van der Waals surface area contributed by atoms with Gasteiger partial charge in [-0.1, -0.05) is 32.1 Å². The number of aromatic nitrogens is 2. The summed E-state index contributed by atoms with van der Waals surface area (Å²) in [5, 5.41) is 0. The number of piperazine rings is 1. The summed E-state index contributed by atoms with van der Waals surface area (Å²) in [6.45, 7) is 4.18. The van der Waals surface area contributed by atoms with Gasteiger partial charge in [-0.2, -0.15) is 0 Å². The van der Waals surface area contributed by atoms with E-state index in [4.69, 9.17) is 4.98 Å². The van der Waals surface area contributed by atoms with Crippen LogP contribution in [0.5, 0.6) is 0 Å². The number of anilines is 1. The molecule has 2 aromatic heterocycles. The molecule has 0 aromatic carbocycles. The van der Waals surface area contributed by atoms with Crippen molar-refractivity contribution in [3.8, 4) is 11.1 Å². The molecule has 2 aromatic rings. The van der Waals surface area contributed by atoms with Crippen LogP contribution in [0.4, 0.5) is 5.82 Å². The first-order chi connectivity index (χ1) is 13.6. The molecule has 1 saturated carbocycles. The van der Waals surface area contributed by atoms with Crippen LogP contribution in [0.2, 0.25) is 0 Å². The molecule has 0 N–H and O–H groups in total. The van der Waals surface area contributed by atoms with E-state index in [2.05, 4.69) is 29.0 Å². The van der Waals surface area contributed by atoms with Crippen LogP contribution in [0.1, 0.15) is 37.8 Å². The maximum Gasteiger partial charge on any atom is 0.250 e. The molecule has 4 rings (SSSR count). The fourth-order valence-corrected chi connectivity index (χ4v) is 4.49. The molecule has 1 saturated heterocycles. The predicted octanol–water partition coefficient (Wildman–Crippen LogP) is 3.32. The third-order valence-electron chi connectivity index (χ3n) is 6.33. The van der Waals surface area contributed by atoms with E-state index in [1.165, 1.54) is 43.4 Å². The highest BCUT2D eigenvalue weighted by Crippen LogP contribution is 2.30. The molecular weight excluding hydrogens is 348 g/mol. The molecule has 5 nitrogen and oxygen atoms in total. The van der Waals surface area contributed by atoms with Crippen LogP contribution in [0.15, 0.2) is 35.3 Å². The van der Waals surface area contributed by atoms with Gasteiger partial charge in [-0.15, -0.1) is 0 Å². The molecule has 0 radical (unpaired) electrons. The number of nitrogens with zero attached hydrogens (tertiary/aromatic N) is 4. The van der Waals surface area contributed by atoms with E-state index in [1.807, 2.05) is 19.3 Å². The number of likely N-dealkylation sites (N-methyl/N-ethyl adjacent to an activating group) is 1. The van der Waals surface area contributed by atoms with E-state index < -0.39 is 0 Å². The first-order valence-corrected chi connectivity index (χ1v) is 10.7. The molecule has 0 spiro atoms. The van der Waals surface area contributed by atoms with Crippen LogP contribution in [0.25, 0.3) is 11.1 Å². The summed E-state index contributed by atoms with van der Waals surface area (Å²) in [6.07, 6.45) is 9.77. The van der Waals surface area contributed by atoms with Crippen molar-refractivity contribution in [2.75, 3.05) is 38.1 Å². The zero-order valence-electron chi connectivity index (χ0n) is 17.2. The Kier molecular flexibility index (Phi) is 5.81. The lowest BCUT2D eigenvalue weighted by atomic mass is 9.86. The van der Waals surface area contributed by atoms with Crippen LogP contribution in [0.3, 0.4) is 0 Å². The van der Waals surface area contributed by atoms with Crippen molar-refractivity contribution in [1.29, 1.82) is 0 Å². The average molecular weight is 381 g/mol. The van der Waals surface area contributed by atoms with Crippen molar-refractivity contribution in [3.63, 3.8) is 0 Å². The molecule has 28 heavy (non-hydrogen) atoms. The highest BCUT2D eigenvalue weighted by molar-refractivity contribution is 5.67. The van der Waals surface area contributed by atoms with Gasteiger partial charge in [-0.25, -0.2) is 4.98 Å². The minimum atomic E-state index is 0.0273. The number of hydrogen-bond acceptors (Lipinski definition) is 4. The molecule has 2 fully saturated rings. The molecule has 150 valence electrons. The van der Waals surface area contributed by atoms with Gasteiger partial charge in [0.05, 0.1) is 0 Å². The number of aryl methyl sites for hydroxylation is 1. The smallest absolute Gasteiger partial charge is 0.250 e. The number of hydrogen-bond donors (Lipinski definition) is 0. The van der Waals surface area contributed by atoms with E-state index in [-0.39, 0.29) is 5.56 Å². The molecule has 1 aliphatic carbocycles. The van der Waals surface area contributed by atoms with Crippen molar-refractivity contribution in [2.45, 2.75) is 38.5 Å². The van der Waals surface area contributed by atoms with E-state index in [1.54, 1.807) is 10.6 Å². The van der Waals surface area contributed by atoms with Gasteiger partial charge in [-0.3, -0.25) is 4.79 Å². The summed E-state index contributed by atoms with van der Waals surface area (Å²) >= 11 is 0. The van der Waals surface area contributed by atoms with Crippen molar-refractivity contribution < 1.29 is 0 Å². The summed E-state index contributed by atoms with van der Waals surface area (Å²) in [5.41, 5.74) is 3.49. The van der Waals surface area contributed by atoms with Crippen LogP contribution >= 0.6 is 0 Å². The maximum absolute atomic E-state index is 11.8. The summed E-state index contributed by atoms with van der Waals surface area (Å²) in [6, 6.07) is 8.05. The molecule has 3 heterocycles. The zero-order chi connectivity index (χ0) is 19.5. The Bertz CT molecular complexity index is 861. The second-order valence-electron chi connectivity index (χ2n) is 8.57. The van der Waals surface area contributed by atoms with Gasteiger partial charge in [0.1, 0.15) is 5.82 Å². The van der Waals surface area contributed by atoms with Gasteiger partial charge in [-0.05, 0) is 48.7 Å². The summed E-state index contributed by atoms with van der Waals surface area (Å²) in [4.78, 5) is 21.7. The van der Waals surface area contributed by atoms with Gasteiger partial charge >= 0.3 is 0 Å². The van der Waals surface area contributed by atoms with Crippen molar-refractivity contribution in [3.05, 3.63) is 46.5 Å². The fourth-order valence-electron chi connectivity index (χ4n) is 4.49. The Morgan fingerprint density at radius 2 is 1.71 bits per heavy atom. The normalized spacial score (nSPS) is 19.1. The van der Waals surface area contributed by atoms with E-state index in [0.29, 0.717) is 0 Å². The SMILES string of the molecule is CN1CCN(c2cc(-c3ccc(=O)n(C)c3)cc(CC3CCCCC3)n2)CC1. The monoisotopic (exact) mass is 380 g/mol. The van der Waals surface area contributed by atoms with Crippen molar-refractivity contribution in [2.24, 2.45) is 13.0 Å². The minimum Gasteiger partial charge on any atom is -0.354 e. The molecule has 1 aliphatic heterocycles. The molecule has 0 atom stereocenters. The van der Waals surface area contributed by atoms with Gasteiger partial charge in [0, 0.05) is 51.2 Å². The minimum absolute atomic E-state index is 0.0273. The first-order valence-electron chi connectivity index (χ1n) is 10.7. The van der Waals surface area contributed by atoms with Crippen LogP contribution < -0.4 is 10.5 Å². The second kappa shape index (κ2) is 8.48. The van der Waals surface area contributed by atoms with Crippen LogP contribution in [-0.2, 0) is 13.5 Å². The third-order valence-corrected chi connectivity index (χ3v) is 6.33. The van der Waals surface area contributed by atoms with E-state index >= 15 is 0 Å². The standard InChI is InChI=1S/C23H32N4O/c1-25-10-12-27(13-11-25)22-16-20(19-8-9-23(28)26(2)17-19)15-21(24-22)14-18-6-4-3-5-7-18/h8-9,15-18H,3-7,10-14H2,1-2H3. The molecule has 5 heteroatoms. The third kappa shape index (κ3) is 4.46. The topological polar surface area (TPSA) is 41.4 Å². The molecule has 0 bridgehead atoms. The Hall–Kier alpha value is -2.14. The largest absolute Gasteiger partial charge is 0.354 e. The van der Waals surface area contributed by atoms with Crippen molar-refractivity contribution in [1.82, 2.24) is 14.5 Å². The highest BCUT2D eigenvalue weighted by atomic mass is 16.1. The van der Waals surface area contributed by atoms with Gasteiger partial charge in [0.15, 0.2) is 0 Å². The summed E-state index contributed by atoms with van der Waals surface area (Å²) in [5.74, 6) is 1.85. The first kappa shape index (κ1) is 19.2. The maximum atomic E-state index is 11.8. The van der Waals surface area contributed by atoms with Gasteiger partial charge in [0.2, 0.25) is 5.56 Å². The Balaban J connectivity index is 1.67. The quantitative estimate of drug-likeness (QED) is 0.816. The average Bonchev–Trinajstić information content (AvgIpc) is 2.71. The lowest BCUT2D eigenvalue weighted by molar-refractivity contribution is 0.312. The lowest BCUT2D eigenvalue weighted by Crippen LogP contribution is -2.44. The van der Waals surface area contributed by atoms with Gasteiger partial charge < -0.3 is 14.4 Å². The number of pyridine rings is 2. The van der Waals surface area contributed by atoms with E-state index in [0.717, 1.165) is 49.9 Å². The molecular formula is C23H32N4O. The van der Waals surface area contributed by atoms with E-state index in [9.17, 15) is 4.79 Å². The molecule has 0 amide bonds. The fraction of sp³-hybridized carbons (Fsp3) is 0.565. The Labute approximate surface area is 168 Å². The van der Waals surface area contributed by atoms with Gasteiger partial charge in [0.25, 0.3) is 0 Å². The van der Waals surface area contributed by atoms with Crippen molar-refractivity contribution >= 4 is 5.82 Å². The van der Waals surface area contributed by atoms with Crippen LogP contribution in [0, 0.1) is 5.92 Å². The Morgan fingerprint density at radius 1 is 0.964 bits per heavy atom. The number of rotatable bonds is 4. The van der Waals surface area contributed by atoms with Crippen LogP contribution in [-0.4, -0.2) is 47.7 Å². The lowest BCUT2D eigenvalue weighted by Gasteiger charge is -2.33. The molecule has 0 unspecified atom stereocenters. The summed E-state index contributed by atoms with van der Waals surface area (Å²) < 4.78 is 1.66. The molecule has 2 aliphatic rings. The highest BCUT2D eigenvalue weighted by Gasteiger charge is 2.19. The predicted molar refractivity (Wildman–Crippen MR) is 115 cm³/mol. The summed E-state index contributed by atoms with van der Waals surface area (Å²) in [7, 11) is 4.00. The second-order valence-corrected chi connectivity index (χ2v) is 8.57. The Morgan fingerprint density at radius 3 is 2.43 bits per heavy atom.